The van der Waals surface area contributed by atoms with Crippen LogP contribution >= 0.6 is 0 Å². The Labute approximate surface area is 193 Å². The molecular formula is C26H27N3O4. The van der Waals surface area contributed by atoms with Gasteiger partial charge in [0.2, 0.25) is 0 Å². The van der Waals surface area contributed by atoms with Crippen molar-refractivity contribution in [2.45, 2.75) is 26.0 Å². The van der Waals surface area contributed by atoms with E-state index >= 15 is 0 Å². The summed E-state index contributed by atoms with van der Waals surface area (Å²) in [5.41, 5.74) is 3.26. The highest BCUT2D eigenvalue weighted by atomic mass is 16.5. The molecule has 0 unspecified atom stereocenters. The first-order chi connectivity index (χ1) is 16.0. The van der Waals surface area contributed by atoms with Gasteiger partial charge in [-0.05, 0) is 49.2 Å². The van der Waals surface area contributed by atoms with Gasteiger partial charge < -0.3 is 25.0 Å². The first-order valence-corrected chi connectivity index (χ1v) is 10.9. The van der Waals surface area contributed by atoms with Gasteiger partial charge in [0.15, 0.2) is 6.10 Å². The molecule has 0 saturated carbocycles. The van der Waals surface area contributed by atoms with Gasteiger partial charge in [-0.15, -0.1) is 0 Å². The number of nitrogens with one attached hydrogen (secondary N) is 2. The Bertz CT molecular complexity index is 1130. The largest absolute Gasteiger partial charge is 0.497 e. The molecule has 0 bridgehead atoms. The number of carbonyl (C=O) groups is 2. The molecule has 1 atom stereocenters. The van der Waals surface area contributed by atoms with Crippen LogP contribution in [0.2, 0.25) is 0 Å². The molecule has 7 nitrogen and oxygen atoms in total. The van der Waals surface area contributed by atoms with E-state index in [1.807, 2.05) is 29.2 Å². The van der Waals surface area contributed by atoms with Crippen LogP contribution in [0.3, 0.4) is 0 Å². The lowest BCUT2D eigenvalue weighted by atomic mass is 10.1. The van der Waals surface area contributed by atoms with Gasteiger partial charge in [0.1, 0.15) is 11.5 Å². The van der Waals surface area contributed by atoms with Crippen LogP contribution in [-0.2, 0) is 17.8 Å². The Morgan fingerprint density at radius 2 is 1.79 bits per heavy atom. The Balaban J connectivity index is 1.45. The highest BCUT2D eigenvalue weighted by Crippen LogP contribution is 2.29. The minimum absolute atomic E-state index is 0.0487. The molecular weight excluding hydrogens is 418 g/mol. The van der Waals surface area contributed by atoms with Crippen LogP contribution in [0.5, 0.6) is 11.5 Å². The van der Waals surface area contributed by atoms with Gasteiger partial charge in [0.25, 0.3) is 5.91 Å². The molecule has 1 heterocycles. The number of carbonyl (C=O) groups excluding carboxylic acids is 2. The van der Waals surface area contributed by atoms with E-state index in [4.69, 9.17) is 9.47 Å². The number of rotatable bonds is 6. The molecule has 0 saturated heterocycles. The number of urea groups is 1. The number of fused-ring (bicyclic) bond motifs is 1. The number of benzene rings is 3. The first kappa shape index (κ1) is 22.2. The third-order valence-corrected chi connectivity index (χ3v) is 5.48. The van der Waals surface area contributed by atoms with Crippen LogP contribution < -0.4 is 20.1 Å². The fourth-order valence-electron chi connectivity index (χ4n) is 3.77. The number of ether oxygens (including phenoxy) is 2. The second kappa shape index (κ2) is 10.1. The van der Waals surface area contributed by atoms with E-state index in [1.54, 1.807) is 50.4 Å². The lowest BCUT2D eigenvalue weighted by molar-refractivity contribution is -0.137. The molecule has 0 radical (unpaired) electrons. The number of hydrogen-bond donors (Lipinski definition) is 2. The SMILES string of the molecule is COc1cccc(NC(=O)Nc2ccc3c(c2)CN(CCc2ccccc2)C(=O)[C@@H](C)O3)c1. The summed E-state index contributed by atoms with van der Waals surface area (Å²) in [5, 5.41) is 5.64. The van der Waals surface area contributed by atoms with E-state index in [0.717, 1.165) is 12.0 Å². The van der Waals surface area contributed by atoms with Crippen LogP contribution in [0.15, 0.2) is 72.8 Å². The van der Waals surface area contributed by atoms with Gasteiger partial charge in [-0.1, -0.05) is 36.4 Å². The summed E-state index contributed by atoms with van der Waals surface area (Å²) in [7, 11) is 1.58. The van der Waals surface area contributed by atoms with Crippen molar-refractivity contribution < 1.29 is 19.1 Å². The predicted molar refractivity (Wildman–Crippen MR) is 128 cm³/mol. The summed E-state index contributed by atoms with van der Waals surface area (Å²) in [6.45, 7) is 2.77. The predicted octanol–water partition coefficient (Wildman–Crippen LogP) is 4.69. The fraction of sp³-hybridized carbons (Fsp3) is 0.231. The standard InChI is InChI=1S/C26H27N3O4/c1-18-25(30)29(14-13-19-7-4-3-5-8-19)17-20-15-22(11-12-24(20)33-18)28-26(31)27-21-9-6-10-23(16-21)32-2/h3-12,15-16,18H,13-14,17H2,1-2H3,(H2,27,28,31)/t18-/m1/s1. The van der Waals surface area contributed by atoms with Crippen molar-refractivity contribution in [2.24, 2.45) is 0 Å². The van der Waals surface area contributed by atoms with E-state index in [-0.39, 0.29) is 11.9 Å². The lowest BCUT2D eigenvalue weighted by Gasteiger charge is -2.22. The number of hydrogen-bond acceptors (Lipinski definition) is 4. The van der Waals surface area contributed by atoms with Crippen molar-refractivity contribution in [3.63, 3.8) is 0 Å². The minimum Gasteiger partial charge on any atom is -0.497 e. The van der Waals surface area contributed by atoms with E-state index < -0.39 is 6.10 Å². The maximum absolute atomic E-state index is 12.9. The topological polar surface area (TPSA) is 79.9 Å². The fourth-order valence-corrected chi connectivity index (χ4v) is 3.77. The average Bonchev–Trinajstić information content (AvgIpc) is 2.94. The Morgan fingerprint density at radius 1 is 1.03 bits per heavy atom. The Morgan fingerprint density at radius 3 is 2.55 bits per heavy atom. The summed E-state index contributed by atoms with van der Waals surface area (Å²) in [6.07, 6.45) is 0.187. The van der Waals surface area contributed by atoms with Crippen LogP contribution in [0.25, 0.3) is 0 Å². The summed E-state index contributed by atoms with van der Waals surface area (Å²) < 4.78 is 11.1. The summed E-state index contributed by atoms with van der Waals surface area (Å²) in [5.74, 6) is 1.26. The summed E-state index contributed by atoms with van der Waals surface area (Å²) >= 11 is 0. The maximum atomic E-state index is 12.9. The second-order valence-corrected chi connectivity index (χ2v) is 7.89. The second-order valence-electron chi connectivity index (χ2n) is 7.89. The minimum atomic E-state index is -0.572. The zero-order valence-corrected chi connectivity index (χ0v) is 18.7. The highest BCUT2D eigenvalue weighted by Gasteiger charge is 2.27. The molecule has 1 aliphatic heterocycles. The average molecular weight is 446 g/mol. The van der Waals surface area contributed by atoms with Crippen molar-refractivity contribution in [3.05, 3.63) is 83.9 Å². The lowest BCUT2D eigenvalue weighted by Crippen LogP contribution is -2.39. The number of anilines is 2. The molecule has 0 spiro atoms. The molecule has 7 heteroatoms. The van der Waals surface area contributed by atoms with Gasteiger partial charge in [0.05, 0.1) is 7.11 Å². The first-order valence-electron chi connectivity index (χ1n) is 10.9. The smallest absolute Gasteiger partial charge is 0.323 e. The van der Waals surface area contributed by atoms with Crippen LogP contribution in [-0.4, -0.2) is 36.6 Å². The maximum Gasteiger partial charge on any atom is 0.323 e. The van der Waals surface area contributed by atoms with E-state index in [0.29, 0.717) is 36.0 Å². The van der Waals surface area contributed by atoms with Gasteiger partial charge in [-0.25, -0.2) is 4.79 Å². The summed E-state index contributed by atoms with van der Waals surface area (Å²) in [6, 6.07) is 22.2. The van der Waals surface area contributed by atoms with Crippen molar-refractivity contribution in [1.82, 2.24) is 4.90 Å². The van der Waals surface area contributed by atoms with Crippen molar-refractivity contribution in [1.29, 1.82) is 0 Å². The molecule has 0 fully saturated rings. The van der Waals surface area contributed by atoms with E-state index in [1.165, 1.54) is 5.56 Å². The monoisotopic (exact) mass is 445 g/mol. The van der Waals surface area contributed by atoms with Crippen molar-refractivity contribution in [2.75, 3.05) is 24.3 Å². The van der Waals surface area contributed by atoms with Gasteiger partial charge in [-0.3, -0.25) is 4.79 Å². The van der Waals surface area contributed by atoms with Gasteiger partial charge in [0, 0.05) is 36.1 Å². The zero-order chi connectivity index (χ0) is 23.2. The molecule has 3 amide bonds. The molecule has 1 aliphatic rings. The van der Waals surface area contributed by atoms with E-state index in [9.17, 15) is 9.59 Å². The molecule has 2 N–H and O–H groups in total. The van der Waals surface area contributed by atoms with Gasteiger partial charge >= 0.3 is 6.03 Å². The number of amides is 3. The molecule has 33 heavy (non-hydrogen) atoms. The highest BCUT2D eigenvalue weighted by molar-refractivity contribution is 6.00. The van der Waals surface area contributed by atoms with Gasteiger partial charge in [-0.2, -0.15) is 0 Å². The molecule has 3 aromatic rings. The molecule has 0 aliphatic carbocycles. The summed E-state index contributed by atoms with van der Waals surface area (Å²) in [4.78, 5) is 27.2. The molecule has 3 aromatic carbocycles. The third-order valence-electron chi connectivity index (χ3n) is 5.48. The van der Waals surface area contributed by atoms with E-state index in [2.05, 4.69) is 22.8 Å². The van der Waals surface area contributed by atoms with Crippen LogP contribution in [0, 0.1) is 0 Å². The van der Waals surface area contributed by atoms with Crippen molar-refractivity contribution in [3.8, 4) is 11.5 Å². The normalized spacial score (nSPS) is 15.2. The Kier molecular flexibility index (Phi) is 6.78. The Hall–Kier alpha value is -4.00. The third kappa shape index (κ3) is 5.63. The zero-order valence-electron chi connectivity index (χ0n) is 18.7. The quantitative estimate of drug-likeness (QED) is 0.577. The van der Waals surface area contributed by atoms with Crippen molar-refractivity contribution >= 4 is 23.3 Å². The van der Waals surface area contributed by atoms with Crippen LogP contribution in [0.1, 0.15) is 18.1 Å². The van der Waals surface area contributed by atoms with Crippen LogP contribution in [0.4, 0.5) is 16.2 Å². The molecule has 170 valence electrons. The number of nitrogens with zero attached hydrogens (tertiary/aromatic N) is 1. The molecule has 0 aromatic heterocycles. The number of methoxy groups -OCH3 is 1. The molecule has 4 rings (SSSR count).